The first-order valence-corrected chi connectivity index (χ1v) is 11.5. The number of halogens is 2. The second-order valence-electron chi connectivity index (χ2n) is 7.90. The highest BCUT2D eigenvalue weighted by atomic mass is 35.5. The lowest BCUT2D eigenvalue weighted by Gasteiger charge is -2.39. The van der Waals surface area contributed by atoms with Crippen molar-refractivity contribution >= 4 is 46.5 Å². The van der Waals surface area contributed by atoms with E-state index in [1.165, 1.54) is 19.2 Å². The van der Waals surface area contributed by atoms with E-state index in [2.05, 4.69) is 10.6 Å². The summed E-state index contributed by atoms with van der Waals surface area (Å²) >= 11 is 13.3. The number of methoxy groups -OCH3 is 1. The van der Waals surface area contributed by atoms with Crippen LogP contribution in [0, 0.1) is 0 Å². The highest BCUT2D eigenvalue weighted by Gasteiger charge is 2.51. The van der Waals surface area contributed by atoms with Gasteiger partial charge in [0.15, 0.2) is 17.2 Å². The number of rotatable bonds is 8. The third-order valence-electron chi connectivity index (χ3n) is 5.83. The number of ether oxygens (including phenoxy) is 2. The van der Waals surface area contributed by atoms with E-state index in [9.17, 15) is 14.7 Å². The Morgan fingerprint density at radius 3 is 2.31 bits per heavy atom. The number of fused-ring (bicyclic) bond motifs is 1. The standard InChI is InChI=1S/C25H23Cl2N3O5/c1-3-35-19-10-8-13(12-20(19)34-2)21(23(28)31)25(22-15(26)5-4-6-16(22)27)29-17-9-7-14(24(32)33)11-18(17)30-25/h4-12,21,29-30H,3H2,1-2H3,(H2,28,31)(H,32,33). The number of benzene rings is 3. The molecule has 0 saturated carbocycles. The molecule has 10 heteroatoms. The number of nitrogens with two attached hydrogens (primary N) is 1. The van der Waals surface area contributed by atoms with Crippen molar-refractivity contribution in [3.8, 4) is 11.5 Å². The SMILES string of the molecule is CCOc1ccc(C(C(N)=O)C2(c3c(Cl)cccc3Cl)Nc3ccc(C(=O)O)cc3N2)cc1OC. The van der Waals surface area contributed by atoms with Gasteiger partial charge in [0.05, 0.1) is 30.7 Å². The van der Waals surface area contributed by atoms with Gasteiger partial charge in [-0.25, -0.2) is 4.79 Å². The maximum absolute atomic E-state index is 13.1. The summed E-state index contributed by atoms with van der Waals surface area (Å²) < 4.78 is 11.1. The van der Waals surface area contributed by atoms with Crippen LogP contribution in [0.4, 0.5) is 11.4 Å². The summed E-state index contributed by atoms with van der Waals surface area (Å²) in [6.45, 7) is 2.28. The quantitative estimate of drug-likeness (QED) is 0.330. The summed E-state index contributed by atoms with van der Waals surface area (Å²) in [5.74, 6) is -1.91. The predicted molar refractivity (Wildman–Crippen MR) is 135 cm³/mol. The lowest BCUT2D eigenvalue weighted by atomic mass is 9.80. The largest absolute Gasteiger partial charge is 0.493 e. The number of carboxylic acids is 1. The molecule has 1 aliphatic rings. The molecule has 182 valence electrons. The van der Waals surface area contributed by atoms with Crippen molar-refractivity contribution in [3.63, 3.8) is 0 Å². The molecular weight excluding hydrogens is 493 g/mol. The summed E-state index contributed by atoms with van der Waals surface area (Å²) in [4.78, 5) is 24.7. The minimum absolute atomic E-state index is 0.0671. The van der Waals surface area contributed by atoms with E-state index in [0.717, 1.165) is 0 Å². The molecule has 0 fully saturated rings. The first-order chi connectivity index (χ1) is 16.7. The fourth-order valence-electron chi connectivity index (χ4n) is 4.40. The van der Waals surface area contributed by atoms with E-state index in [-0.39, 0.29) is 15.6 Å². The molecule has 0 aromatic heterocycles. The van der Waals surface area contributed by atoms with E-state index < -0.39 is 23.5 Å². The second-order valence-corrected chi connectivity index (χ2v) is 8.71. The van der Waals surface area contributed by atoms with Gasteiger partial charge in [0.2, 0.25) is 5.91 Å². The van der Waals surface area contributed by atoms with Crippen molar-refractivity contribution in [2.75, 3.05) is 24.4 Å². The van der Waals surface area contributed by atoms with Gasteiger partial charge < -0.3 is 30.9 Å². The van der Waals surface area contributed by atoms with Gasteiger partial charge in [-0.1, -0.05) is 35.3 Å². The maximum Gasteiger partial charge on any atom is 0.335 e. The second kappa shape index (κ2) is 9.56. The zero-order valence-corrected chi connectivity index (χ0v) is 20.4. The Kier molecular flexibility index (Phi) is 6.69. The van der Waals surface area contributed by atoms with Gasteiger partial charge in [-0.15, -0.1) is 0 Å². The van der Waals surface area contributed by atoms with Gasteiger partial charge in [0.25, 0.3) is 0 Å². The van der Waals surface area contributed by atoms with Gasteiger partial charge >= 0.3 is 5.97 Å². The van der Waals surface area contributed by atoms with Crippen molar-refractivity contribution in [3.05, 3.63) is 81.3 Å². The van der Waals surface area contributed by atoms with Crippen molar-refractivity contribution in [1.82, 2.24) is 0 Å². The third kappa shape index (κ3) is 4.31. The van der Waals surface area contributed by atoms with Crippen LogP contribution >= 0.6 is 23.2 Å². The zero-order chi connectivity index (χ0) is 25.3. The molecule has 4 rings (SSSR count). The summed E-state index contributed by atoms with van der Waals surface area (Å²) in [6, 6.07) is 14.6. The number of hydrogen-bond donors (Lipinski definition) is 4. The number of carboxylic acid groups (broad SMARTS) is 1. The highest BCUT2D eigenvalue weighted by Crippen LogP contribution is 2.51. The van der Waals surface area contributed by atoms with Crippen LogP contribution in [0.3, 0.4) is 0 Å². The molecule has 1 amide bonds. The molecule has 0 aliphatic carbocycles. The molecule has 0 radical (unpaired) electrons. The average Bonchev–Trinajstić information content (AvgIpc) is 3.18. The van der Waals surface area contributed by atoms with E-state index in [1.807, 2.05) is 6.92 Å². The molecule has 3 aromatic carbocycles. The molecule has 2 unspecified atom stereocenters. The average molecular weight is 516 g/mol. The number of aromatic carboxylic acids is 1. The van der Waals surface area contributed by atoms with E-state index in [0.29, 0.717) is 40.6 Å². The van der Waals surface area contributed by atoms with Crippen molar-refractivity contribution in [1.29, 1.82) is 0 Å². The summed E-state index contributed by atoms with van der Waals surface area (Å²) in [5, 5.41) is 16.6. The minimum atomic E-state index is -1.45. The molecular formula is C25H23Cl2N3O5. The van der Waals surface area contributed by atoms with Crippen LogP contribution in [0.5, 0.6) is 11.5 Å². The van der Waals surface area contributed by atoms with Crippen molar-refractivity contribution in [2.24, 2.45) is 5.73 Å². The molecule has 8 nitrogen and oxygen atoms in total. The van der Waals surface area contributed by atoms with Crippen LogP contribution in [0.2, 0.25) is 10.0 Å². The van der Waals surface area contributed by atoms with Gasteiger partial charge in [0, 0.05) is 15.6 Å². The van der Waals surface area contributed by atoms with Gasteiger partial charge in [-0.2, -0.15) is 0 Å². The minimum Gasteiger partial charge on any atom is -0.493 e. The number of hydrogen-bond acceptors (Lipinski definition) is 6. The molecule has 0 spiro atoms. The molecule has 1 aliphatic heterocycles. The fourth-order valence-corrected chi connectivity index (χ4v) is 5.10. The van der Waals surface area contributed by atoms with Gasteiger partial charge in [-0.05, 0) is 55.0 Å². The third-order valence-corrected chi connectivity index (χ3v) is 6.46. The predicted octanol–water partition coefficient (Wildman–Crippen LogP) is 5.06. The van der Waals surface area contributed by atoms with E-state index in [1.54, 1.807) is 42.5 Å². The summed E-state index contributed by atoms with van der Waals surface area (Å²) in [5.41, 5.74) is 6.51. The first kappa shape index (κ1) is 24.5. The lowest BCUT2D eigenvalue weighted by Crippen LogP contribution is -2.50. The Labute approximate surface area is 211 Å². The topological polar surface area (TPSA) is 123 Å². The molecule has 1 heterocycles. The Balaban J connectivity index is 1.96. The van der Waals surface area contributed by atoms with Crippen LogP contribution in [-0.2, 0) is 10.5 Å². The smallest absolute Gasteiger partial charge is 0.335 e. The molecule has 35 heavy (non-hydrogen) atoms. The number of nitrogens with one attached hydrogen (secondary N) is 2. The number of anilines is 2. The van der Waals surface area contributed by atoms with Gasteiger partial charge in [0.1, 0.15) is 5.92 Å². The Morgan fingerprint density at radius 1 is 1.03 bits per heavy atom. The molecule has 2 atom stereocenters. The monoisotopic (exact) mass is 515 g/mol. The van der Waals surface area contributed by atoms with Crippen LogP contribution in [0.1, 0.15) is 34.3 Å². The normalized spacial score (nSPS) is 17.0. The van der Waals surface area contributed by atoms with Crippen molar-refractivity contribution < 1.29 is 24.2 Å². The van der Waals surface area contributed by atoms with E-state index >= 15 is 0 Å². The molecule has 3 aromatic rings. The Morgan fingerprint density at radius 2 is 1.71 bits per heavy atom. The van der Waals surface area contributed by atoms with Crippen LogP contribution in [0.15, 0.2) is 54.6 Å². The van der Waals surface area contributed by atoms with Crippen molar-refractivity contribution in [2.45, 2.75) is 18.5 Å². The van der Waals surface area contributed by atoms with Crippen LogP contribution in [0.25, 0.3) is 0 Å². The first-order valence-electron chi connectivity index (χ1n) is 10.7. The molecule has 0 saturated heterocycles. The highest BCUT2D eigenvalue weighted by molar-refractivity contribution is 6.36. The summed E-state index contributed by atoms with van der Waals surface area (Å²) in [7, 11) is 1.50. The number of amides is 1. The van der Waals surface area contributed by atoms with Crippen LogP contribution < -0.4 is 25.8 Å². The van der Waals surface area contributed by atoms with Crippen LogP contribution in [-0.4, -0.2) is 30.7 Å². The number of carbonyl (C=O) groups excluding carboxylic acids is 1. The Hall–Kier alpha value is -3.62. The molecule has 0 bridgehead atoms. The maximum atomic E-state index is 13.1. The number of carbonyl (C=O) groups is 2. The number of primary amides is 1. The molecule has 5 N–H and O–H groups in total. The zero-order valence-electron chi connectivity index (χ0n) is 18.9. The summed E-state index contributed by atoms with van der Waals surface area (Å²) in [6.07, 6.45) is 0. The van der Waals surface area contributed by atoms with Gasteiger partial charge in [-0.3, -0.25) is 4.79 Å². The lowest BCUT2D eigenvalue weighted by molar-refractivity contribution is -0.120. The van der Waals surface area contributed by atoms with E-state index in [4.69, 9.17) is 38.4 Å². The fraction of sp³-hybridized carbons (Fsp3) is 0.200. The Bertz CT molecular complexity index is 1300.